The lowest BCUT2D eigenvalue weighted by atomic mass is 10.1. The minimum absolute atomic E-state index is 0.215. The van der Waals surface area contributed by atoms with Crippen molar-refractivity contribution in [3.63, 3.8) is 0 Å². The fourth-order valence-electron chi connectivity index (χ4n) is 2.28. The Kier molecular flexibility index (Phi) is 7.31. The minimum Gasteiger partial charge on any atom is -0.383 e. The van der Waals surface area contributed by atoms with E-state index in [1.54, 1.807) is 38.1 Å². The summed E-state index contributed by atoms with van der Waals surface area (Å²) in [6.07, 6.45) is 1.41. The zero-order chi connectivity index (χ0) is 17.6. The molecule has 1 amide bonds. The molecular formula is C15H23ClN2O4S. The standard InChI is InChI=1S/C15H23ClN2O4S/c1-5-14(15(19)17-11(2)10-22-3)18(23(4,20)21)13-8-6-12(16)7-9-13/h6-9,11,14H,5,10H2,1-4H3,(H,17,19)/t11-,14+/m0/s1. The molecule has 0 aliphatic carbocycles. The maximum Gasteiger partial charge on any atom is 0.244 e. The van der Waals surface area contributed by atoms with E-state index in [0.717, 1.165) is 10.6 Å². The SMILES string of the molecule is CC[C@H](C(=O)N[C@@H](C)COC)N(c1ccc(Cl)cc1)S(C)(=O)=O. The second-order valence-corrected chi connectivity index (χ2v) is 7.62. The highest BCUT2D eigenvalue weighted by molar-refractivity contribution is 7.92. The predicted octanol–water partition coefficient (Wildman–Crippen LogP) is 2.04. The summed E-state index contributed by atoms with van der Waals surface area (Å²) >= 11 is 5.85. The Morgan fingerprint density at radius 1 is 1.35 bits per heavy atom. The quantitative estimate of drug-likeness (QED) is 0.767. The molecule has 130 valence electrons. The van der Waals surface area contributed by atoms with Crippen LogP contribution in [0.5, 0.6) is 0 Å². The summed E-state index contributed by atoms with van der Waals surface area (Å²) in [5.74, 6) is -0.363. The van der Waals surface area contributed by atoms with Crippen LogP contribution in [0.25, 0.3) is 0 Å². The van der Waals surface area contributed by atoms with Crippen LogP contribution in [-0.2, 0) is 19.6 Å². The maximum atomic E-state index is 12.5. The number of carbonyl (C=O) groups excluding carboxylic acids is 1. The van der Waals surface area contributed by atoms with Crippen molar-refractivity contribution < 1.29 is 17.9 Å². The van der Waals surface area contributed by atoms with Crippen molar-refractivity contribution >= 4 is 33.2 Å². The number of rotatable bonds is 8. The van der Waals surface area contributed by atoms with Gasteiger partial charge in [0.15, 0.2) is 0 Å². The van der Waals surface area contributed by atoms with E-state index in [2.05, 4.69) is 5.32 Å². The van der Waals surface area contributed by atoms with Crippen LogP contribution in [0.15, 0.2) is 24.3 Å². The number of nitrogens with zero attached hydrogens (tertiary/aromatic N) is 1. The molecule has 23 heavy (non-hydrogen) atoms. The molecule has 0 saturated heterocycles. The van der Waals surface area contributed by atoms with E-state index in [9.17, 15) is 13.2 Å². The molecule has 1 aromatic rings. The number of carbonyl (C=O) groups is 1. The van der Waals surface area contributed by atoms with Gasteiger partial charge in [-0.2, -0.15) is 0 Å². The molecular weight excluding hydrogens is 340 g/mol. The van der Waals surface area contributed by atoms with Crippen molar-refractivity contribution in [3.8, 4) is 0 Å². The number of ether oxygens (including phenoxy) is 1. The smallest absolute Gasteiger partial charge is 0.244 e. The van der Waals surface area contributed by atoms with Crippen LogP contribution >= 0.6 is 11.6 Å². The highest BCUT2D eigenvalue weighted by atomic mass is 35.5. The minimum atomic E-state index is -3.64. The van der Waals surface area contributed by atoms with Gasteiger partial charge >= 0.3 is 0 Å². The molecule has 1 N–H and O–H groups in total. The summed E-state index contributed by atoms with van der Waals surface area (Å²) < 4.78 is 30.5. The van der Waals surface area contributed by atoms with Crippen molar-refractivity contribution in [2.75, 3.05) is 24.3 Å². The lowest BCUT2D eigenvalue weighted by Gasteiger charge is -2.31. The highest BCUT2D eigenvalue weighted by Crippen LogP contribution is 2.24. The number of methoxy groups -OCH3 is 1. The lowest BCUT2D eigenvalue weighted by molar-refractivity contribution is -0.123. The first-order valence-electron chi connectivity index (χ1n) is 7.25. The van der Waals surface area contributed by atoms with Gasteiger partial charge in [0.05, 0.1) is 18.6 Å². The number of hydrogen-bond acceptors (Lipinski definition) is 4. The van der Waals surface area contributed by atoms with Gasteiger partial charge in [0.25, 0.3) is 0 Å². The molecule has 0 bridgehead atoms. The summed E-state index contributed by atoms with van der Waals surface area (Å²) in [5, 5.41) is 3.26. The first kappa shape index (κ1) is 19.7. The molecule has 0 fully saturated rings. The number of hydrogen-bond donors (Lipinski definition) is 1. The molecule has 8 heteroatoms. The van der Waals surface area contributed by atoms with E-state index in [-0.39, 0.29) is 11.9 Å². The highest BCUT2D eigenvalue weighted by Gasteiger charge is 2.31. The molecule has 1 aromatic carbocycles. The van der Waals surface area contributed by atoms with Crippen LogP contribution in [0.4, 0.5) is 5.69 Å². The molecule has 0 aliphatic heterocycles. The third-order valence-corrected chi connectivity index (χ3v) is 4.65. The third-order valence-electron chi connectivity index (χ3n) is 3.22. The van der Waals surface area contributed by atoms with Crippen LogP contribution in [0.3, 0.4) is 0 Å². The Balaban J connectivity index is 3.13. The van der Waals surface area contributed by atoms with E-state index in [1.807, 2.05) is 0 Å². The number of halogens is 1. The van der Waals surface area contributed by atoms with Crippen LogP contribution in [0, 0.1) is 0 Å². The van der Waals surface area contributed by atoms with Crippen molar-refractivity contribution in [1.29, 1.82) is 0 Å². The number of anilines is 1. The average molecular weight is 363 g/mol. The van der Waals surface area contributed by atoms with Gasteiger partial charge in [-0.1, -0.05) is 18.5 Å². The fraction of sp³-hybridized carbons (Fsp3) is 0.533. The van der Waals surface area contributed by atoms with Crippen molar-refractivity contribution in [3.05, 3.63) is 29.3 Å². The van der Waals surface area contributed by atoms with Crippen molar-refractivity contribution in [1.82, 2.24) is 5.32 Å². The second kappa shape index (κ2) is 8.52. The normalized spacial score (nSPS) is 14.1. The average Bonchev–Trinajstić information content (AvgIpc) is 2.44. The monoisotopic (exact) mass is 362 g/mol. The van der Waals surface area contributed by atoms with E-state index in [0.29, 0.717) is 23.7 Å². The molecule has 0 aromatic heterocycles. The van der Waals surface area contributed by atoms with Gasteiger partial charge in [-0.15, -0.1) is 0 Å². The van der Waals surface area contributed by atoms with Crippen LogP contribution < -0.4 is 9.62 Å². The van der Waals surface area contributed by atoms with Crippen molar-refractivity contribution in [2.45, 2.75) is 32.4 Å². The molecule has 0 aliphatic rings. The van der Waals surface area contributed by atoms with E-state index >= 15 is 0 Å². The molecule has 6 nitrogen and oxygen atoms in total. The Hall–Kier alpha value is -1.31. The third kappa shape index (κ3) is 5.67. The Bertz CT molecular complexity index is 619. The van der Waals surface area contributed by atoms with E-state index in [4.69, 9.17) is 16.3 Å². The zero-order valence-corrected chi connectivity index (χ0v) is 15.3. The van der Waals surface area contributed by atoms with E-state index < -0.39 is 16.1 Å². The van der Waals surface area contributed by atoms with Gasteiger partial charge in [0, 0.05) is 18.2 Å². The molecule has 0 saturated carbocycles. The summed E-state index contributed by atoms with van der Waals surface area (Å²) in [6.45, 7) is 3.91. The Morgan fingerprint density at radius 3 is 2.35 bits per heavy atom. The van der Waals surface area contributed by atoms with Crippen molar-refractivity contribution in [2.24, 2.45) is 0 Å². The number of benzene rings is 1. The number of amides is 1. The van der Waals surface area contributed by atoms with Crippen LogP contribution in [0.2, 0.25) is 5.02 Å². The fourth-order valence-corrected chi connectivity index (χ4v) is 3.62. The first-order valence-corrected chi connectivity index (χ1v) is 9.47. The van der Waals surface area contributed by atoms with Crippen LogP contribution in [-0.4, -0.2) is 46.4 Å². The van der Waals surface area contributed by atoms with Gasteiger partial charge in [-0.05, 0) is 37.6 Å². The number of sulfonamides is 1. The van der Waals surface area contributed by atoms with Gasteiger partial charge in [-0.3, -0.25) is 9.10 Å². The van der Waals surface area contributed by atoms with Gasteiger partial charge < -0.3 is 10.1 Å². The zero-order valence-electron chi connectivity index (χ0n) is 13.7. The molecule has 0 heterocycles. The summed E-state index contributed by atoms with van der Waals surface area (Å²) in [5.41, 5.74) is 0.401. The summed E-state index contributed by atoms with van der Waals surface area (Å²) in [7, 11) is -2.10. The van der Waals surface area contributed by atoms with Gasteiger partial charge in [-0.25, -0.2) is 8.42 Å². The summed E-state index contributed by atoms with van der Waals surface area (Å²) in [4.78, 5) is 12.5. The Labute approximate surface area is 142 Å². The van der Waals surface area contributed by atoms with Gasteiger partial charge in [0.1, 0.15) is 6.04 Å². The van der Waals surface area contributed by atoms with Gasteiger partial charge in [0.2, 0.25) is 15.9 Å². The molecule has 0 radical (unpaired) electrons. The molecule has 2 atom stereocenters. The second-order valence-electron chi connectivity index (χ2n) is 5.32. The maximum absolute atomic E-state index is 12.5. The topological polar surface area (TPSA) is 75.7 Å². The largest absolute Gasteiger partial charge is 0.383 e. The summed E-state index contributed by atoms with van der Waals surface area (Å²) in [6, 6.07) is 5.29. The predicted molar refractivity (Wildman–Crippen MR) is 92.3 cm³/mol. The molecule has 1 rings (SSSR count). The molecule has 0 spiro atoms. The first-order chi connectivity index (χ1) is 10.7. The molecule has 0 unspecified atom stereocenters. The lowest BCUT2D eigenvalue weighted by Crippen LogP contribution is -2.51. The van der Waals surface area contributed by atoms with Crippen LogP contribution in [0.1, 0.15) is 20.3 Å². The van der Waals surface area contributed by atoms with E-state index in [1.165, 1.54) is 7.11 Å². The number of nitrogens with one attached hydrogen (secondary N) is 1. The Morgan fingerprint density at radius 2 is 1.91 bits per heavy atom.